The van der Waals surface area contributed by atoms with Crippen LogP contribution in [0.2, 0.25) is 4.47 Å². The molecule has 1 aromatic heterocycles. The van der Waals surface area contributed by atoms with Gasteiger partial charge in [-0.2, -0.15) is 13.2 Å². The van der Waals surface area contributed by atoms with E-state index in [0.29, 0.717) is 15.4 Å². The van der Waals surface area contributed by atoms with Crippen molar-refractivity contribution in [3.05, 3.63) is 45.1 Å². The van der Waals surface area contributed by atoms with Crippen molar-refractivity contribution in [1.82, 2.24) is 4.98 Å². The highest BCUT2D eigenvalue weighted by Crippen LogP contribution is 2.32. The number of hydrogen-bond donors (Lipinski definition) is 1. The Labute approximate surface area is 115 Å². The molecule has 1 heterocycles. The normalized spacial score (nSPS) is 11.6. The highest BCUT2D eigenvalue weighted by molar-refractivity contribution is 7.15. The third-order valence-corrected chi connectivity index (χ3v) is 3.39. The van der Waals surface area contributed by atoms with Crippen LogP contribution >= 0.6 is 22.9 Å². The average Bonchev–Trinajstić information content (AvgIpc) is 2.72. The second kappa shape index (κ2) is 5.34. The van der Waals surface area contributed by atoms with Gasteiger partial charge in [0.05, 0.1) is 17.8 Å². The van der Waals surface area contributed by atoms with Crippen LogP contribution in [0.15, 0.2) is 24.4 Å². The summed E-state index contributed by atoms with van der Waals surface area (Å²) in [6.45, 7) is 0.155. The van der Waals surface area contributed by atoms with Crippen molar-refractivity contribution in [2.45, 2.75) is 12.7 Å². The second-order valence-electron chi connectivity index (χ2n) is 3.63. The number of anilines is 1. The Morgan fingerprint density at radius 3 is 2.63 bits per heavy atom. The van der Waals surface area contributed by atoms with Gasteiger partial charge in [0.1, 0.15) is 5.82 Å². The summed E-state index contributed by atoms with van der Waals surface area (Å²) in [5.74, 6) is -0.747. The number of rotatable bonds is 3. The lowest BCUT2D eigenvalue weighted by Gasteiger charge is -2.11. The van der Waals surface area contributed by atoms with Crippen LogP contribution in [0.3, 0.4) is 0 Å². The van der Waals surface area contributed by atoms with Crippen LogP contribution in [0, 0.1) is 5.82 Å². The van der Waals surface area contributed by atoms with Crippen molar-refractivity contribution in [3.63, 3.8) is 0 Å². The first-order chi connectivity index (χ1) is 8.86. The first kappa shape index (κ1) is 14.1. The van der Waals surface area contributed by atoms with E-state index in [1.165, 1.54) is 17.5 Å². The van der Waals surface area contributed by atoms with Crippen LogP contribution in [0.1, 0.15) is 10.4 Å². The van der Waals surface area contributed by atoms with Crippen LogP contribution < -0.4 is 5.32 Å². The molecule has 19 heavy (non-hydrogen) atoms. The summed E-state index contributed by atoms with van der Waals surface area (Å²) < 4.78 is 51.2. The van der Waals surface area contributed by atoms with E-state index in [1.807, 2.05) is 0 Å². The van der Waals surface area contributed by atoms with Gasteiger partial charge < -0.3 is 5.32 Å². The summed E-state index contributed by atoms with van der Waals surface area (Å²) in [6.07, 6.45) is -3.02. The van der Waals surface area contributed by atoms with E-state index in [-0.39, 0.29) is 12.2 Å². The predicted molar refractivity (Wildman–Crippen MR) is 65.9 cm³/mol. The lowest BCUT2D eigenvalue weighted by molar-refractivity contribution is -0.137. The molecule has 0 saturated carbocycles. The number of aromatic nitrogens is 1. The number of nitrogens with one attached hydrogen (secondary N) is 1. The van der Waals surface area contributed by atoms with Gasteiger partial charge in [-0.15, -0.1) is 11.3 Å². The second-order valence-corrected chi connectivity index (χ2v) is 5.32. The summed E-state index contributed by atoms with van der Waals surface area (Å²) >= 11 is 6.79. The molecule has 0 radical (unpaired) electrons. The molecule has 0 bridgehead atoms. The molecule has 2 aromatic rings. The topological polar surface area (TPSA) is 24.9 Å². The molecule has 0 fully saturated rings. The molecule has 0 aliphatic rings. The summed E-state index contributed by atoms with van der Waals surface area (Å²) in [5, 5.41) is 2.59. The minimum Gasteiger partial charge on any atom is -0.378 e. The van der Waals surface area contributed by atoms with Gasteiger partial charge in [0.25, 0.3) is 0 Å². The van der Waals surface area contributed by atoms with Crippen LogP contribution in [0.25, 0.3) is 0 Å². The number of thiazole rings is 1. The molecular weight excluding hydrogens is 304 g/mol. The highest BCUT2D eigenvalue weighted by Gasteiger charge is 2.31. The van der Waals surface area contributed by atoms with Gasteiger partial charge in [0.2, 0.25) is 0 Å². The molecule has 102 valence electrons. The molecule has 2 nitrogen and oxygen atoms in total. The number of nitrogens with zero attached hydrogens (tertiary/aromatic N) is 1. The maximum absolute atomic E-state index is 13.4. The van der Waals surface area contributed by atoms with Crippen molar-refractivity contribution in [3.8, 4) is 0 Å². The molecule has 0 aliphatic heterocycles. The van der Waals surface area contributed by atoms with Crippen molar-refractivity contribution in [1.29, 1.82) is 0 Å². The lowest BCUT2D eigenvalue weighted by atomic mass is 10.2. The zero-order valence-electron chi connectivity index (χ0n) is 9.26. The van der Waals surface area contributed by atoms with Gasteiger partial charge in [0.15, 0.2) is 4.47 Å². The molecule has 0 aliphatic carbocycles. The minimum atomic E-state index is -4.50. The summed E-state index contributed by atoms with van der Waals surface area (Å²) in [6, 6.07) is 2.22. The van der Waals surface area contributed by atoms with Crippen molar-refractivity contribution in [2.24, 2.45) is 0 Å². The summed E-state index contributed by atoms with van der Waals surface area (Å²) in [5.41, 5.74) is -1.11. The van der Waals surface area contributed by atoms with Crippen LogP contribution in [-0.2, 0) is 12.7 Å². The fraction of sp³-hybridized carbons (Fsp3) is 0.182. The van der Waals surface area contributed by atoms with E-state index in [2.05, 4.69) is 10.3 Å². The number of hydrogen-bond acceptors (Lipinski definition) is 3. The number of alkyl halides is 3. The molecule has 0 unspecified atom stereocenters. The van der Waals surface area contributed by atoms with E-state index in [0.717, 1.165) is 12.1 Å². The Balaban J connectivity index is 2.15. The molecule has 0 spiro atoms. The third kappa shape index (κ3) is 3.57. The largest absolute Gasteiger partial charge is 0.416 e. The van der Waals surface area contributed by atoms with Crippen LogP contribution in [0.5, 0.6) is 0 Å². The quantitative estimate of drug-likeness (QED) is 0.840. The van der Waals surface area contributed by atoms with Crippen molar-refractivity contribution < 1.29 is 17.6 Å². The van der Waals surface area contributed by atoms with Crippen LogP contribution in [-0.4, -0.2) is 4.98 Å². The van der Waals surface area contributed by atoms with Crippen LogP contribution in [0.4, 0.5) is 23.2 Å². The Morgan fingerprint density at radius 2 is 2.05 bits per heavy atom. The Bertz CT molecular complexity index is 582. The van der Waals surface area contributed by atoms with E-state index in [1.54, 1.807) is 0 Å². The van der Waals surface area contributed by atoms with E-state index < -0.39 is 17.6 Å². The molecule has 0 atom stereocenters. The van der Waals surface area contributed by atoms with Gasteiger partial charge in [-0.3, -0.25) is 0 Å². The Kier molecular flexibility index (Phi) is 3.96. The third-order valence-electron chi connectivity index (χ3n) is 2.27. The summed E-state index contributed by atoms with van der Waals surface area (Å²) in [7, 11) is 0. The van der Waals surface area contributed by atoms with E-state index in [4.69, 9.17) is 11.6 Å². The van der Waals surface area contributed by atoms with Gasteiger partial charge in [0, 0.05) is 11.1 Å². The number of benzene rings is 1. The molecule has 2 rings (SSSR count). The maximum Gasteiger partial charge on any atom is 0.416 e. The molecule has 0 amide bonds. The molecule has 8 heteroatoms. The fourth-order valence-corrected chi connectivity index (χ4v) is 2.30. The monoisotopic (exact) mass is 310 g/mol. The van der Waals surface area contributed by atoms with Gasteiger partial charge in [-0.05, 0) is 18.2 Å². The molecule has 0 saturated heterocycles. The standard InChI is InChI=1S/C11H7ClF4N2S/c12-10-18-5-7(19-10)4-17-9-3-6(11(14,15)16)1-2-8(9)13/h1-3,5,17H,4H2. The first-order valence-electron chi connectivity index (χ1n) is 5.07. The molecular formula is C11H7ClF4N2S. The average molecular weight is 311 g/mol. The maximum atomic E-state index is 13.4. The highest BCUT2D eigenvalue weighted by atomic mass is 35.5. The fourth-order valence-electron chi connectivity index (χ4n) is 1.38. The van der Waals surface area contributed by atoms with Gasteiger partial charge in [-0.25, -0.2) is 9.37 Å². The van der Waals surface area contributed by atoms with Crippen molar-refractivity contribution >= 4 is 28.6 Å². The Hall–Kier alpha value is -1.34. The number of halogens is 5. The summed E-state index contributed by atoms with van der Waals surface area (Å²) in [4.78, 5) is 4.47. The molecule has 1 aromatic carbocycles. The lowest BCUT2D eigenvalue weighted by Crippen LogP contribution is -2.07. The first-order valence-corrected chi connectivity index (χ1v) is 6.26. The minimum absolute atomic E-state index is 0.155. The Morgan fingerprint density at radius 1 is 1.32 bits per heavy atom. The smallest absolute Gasteiger partial charge is 0.378 e. The SMILES string of the molecule is Fc1ccc(C(F)(F)F)cc1NCc1cnc(Cl)s1. The predicted octanol–water partition coefficient (Wildman–Crippen LogP) is 4.57. The molecule has 1 N–H and O–H groups in total. The van der Waals surface area contributed by atoms with Gasteiger partial charge >= 0.3 is 6.18 Å². The zero-order valence-corrected chi connectivity index (χ0v) is 10.8. The zero-order chi connectivity index (χ0) is 14.0. The van der Waals surface area contributed by atoms with E-state index in [9.17, 15) is 17.6 Å². The van der Waals surface area contributed by atoms with E-state index >= 15 is 0 Å². The van der Waals surface area contributed by atoms with Crippen molar-refractivity contribution in [2.75, 3.05) is 5.32 Å². The van der Waals surface area contributed by atoms with Gasteiger partial charge in [-0.1, -0.05) is 11.6 Å².